The number of amides is 1. The van der Waals surface area contributed by atoms with Gasteiger partial charge in [0.1, 0.15) is 0 Å². The van der Waals surface area contributed by atoms with Crippen LogP contribution in [0.25, 0.3) is 0 Å². The van der Waals surface area contributed by atoms with Crippen molar-refractivity contribution in [2.45, 2.75) is 19.6 Å². The fourth-order valence-corrected chi connectivity index (χ4v) is 2.08. The molecule has 0 aliphatic rings. The third kappa shape index (κ3) is 6.05. The Morgan fingerprint density at radius 2 is 2.11 bits per heavy atom. The molecule has 4 nitrogen and oxygen atoms in total. The lowest BCUT2D eigenvalue weighted by molar-refractivity contribution is -0.131. The summed E-state index contributed by atoms with van der Waals surface area (Å²) in [5, 5.41) is 9.93. The van der Waals surface area contributed by atoms with Crippen LogP contribution in [0.4, 0.5) is 0 Å². The Morgan fingerprint density at radius 1 is 1.42 bits per heavy atom. The van der Waals surface area contributed by atoms with Crippen molar-refractivity contribution in [3.05, 3.63) is 34.9 Å². The van der Waals surface area contributed by atoms with E-state index in [-0.39, 0.29) is 5.91 Å². The predicted molar refractivity (Wildman–Crippen MR) is 77.1 cm³/mol. The largest absolute Gasteiger partial charge is 0.392 e. The summed E-state index contributed by atoms with van der Waals surface area (Å²) in [6, 6.07) is 7.47. The van der Waals surface area contributed by atoms with Crippen LogP contribution in [-0.4, -0.2) is 54.1 Å². The van der Waals surface area contributed by atoms with Gasteiger partial charge < -0.3 is 10.0 Å². The molecule has 0 heterocycles. The molecule has 0 spiro atoms. The first-order chi connectivity index (χ1) is 8.88. The van der Waals surface area contributed by atoms with Gasteiger partial charge in [0.25, 0.3) is 0 Å². The molecule has 0 aliphatic carbocycles. The molecule has 1 aromatic rings. The zero-order valence-corrected chi connectivity index (χ0v) is 12.4. The molecule has 1 rings (SSSR count). The summed E-state index contributed by atoms with van der Waals surface area (Å²) in [6.45, 7) is 3.01. The van der Waals surface area contributed by atoms with E-state index in [1.54, 1.807) is 18.9 Å². The van der Waals surface area contributed by atoms with Crippen LogP contribution in [0.5, 0.6) is 0 Å². The number of hydrogen-bond acceptors (Lipinski definition) is 3. The van der Waals surface area contributed by atoms with Crippen LogP contribution in [0.1, 0.15) is 12.5 Å². The number of carbonyl (C=O) groups excluding carboxylic acids is 1. The SMILES string of the molecule is CC(O)CN(C)CC(=O)N(C)Cc1cccc(Cl)c1. The van der Waals surface area contributed by atoms with Gasteiger partial charge in [-0.05, 0) is 31.7 Å². The van der Waals surface area contributed by atoms with Crippen LogP contribution in [0.15, 0.2) is 24.3 Å². The second kappa shape index (κ2) is 7.48. The van der Waals surface area contributed by atoms with E-state index >= 15 is 0 Å². The number of aliphatic hydroxyl groups excluding tert-OH is 1. The van der Waals surface area contributed by atoms with E-state index < -0.39 is 6.10 Å². The maximum atomic E-state index is 12.0. The number of carbonyl (C=O) groups is 1. The fraction of sp³-hybridized carbons (Fsp3) is 0.500. The number of aliphatic hydroxyl groups is 1. The Morgan fingerprint density at radius 3 is 2.68 bits per heavy atom. The highest BCUT2D eigenvalue weighted by molar-refractivity contribution is 6.30. The highest BCUT2D eigenvalue weighted by Crippen LogP contribution is 2.12. The average Bonchev–Trinajstić information content (AvgIpc) is 2.27. The van der Waals surface area contributed by atoms with Crippen molar-refractivity contribution in [3.8, 4) is 0 Å². The molecule has 0 saturated heterocycles. The molecular weight excluding hydrogens is 264 g/mol. The standard InChI is InChI=1S/C14H21ClN2O2/c1-11(18)8-16(2)10-14(19)17(3)9-12-5-4-6-13(15)7-12/h4-7,11,18H,8-10H2,1-3H3. The van der Waals surface area contributed by atoms with Gasteiger partial charge in [0.05, 0.1) is 12.6 Å². The van der Waals surface area contributed by atoms with Crippen molar-refractivity contribution in [1.82, 2.24) is 9.80 Å². The topological polar surface area (TPSA) is 43.8 Å². The van der Waals surface area contributed by atoms with Gasteiger partial charge in [-0.2, -0.15) is 0 Å². The molecule has 0 saturated carbocycles. The normalized spacial score (nSPS) is 12.5. The molecule has 5 heteroatoms. The molecule has 1 N–H and O–H groups in total. The molecule has 0 radical (unpaired) electrons. The second-order valence-corrected chi connectivity index (χ2v) is 5.36. The summed E-state index contributed by atoms with van der Waals surface area (Å²) in [4.78, 5) is 15.5. The number of hydrogen-bond donors (Lipinski definition) is 1. The summed E-state index contributed by atoms with van der Waals surface area (Å²) >= 11 is 5.91. The van der Waals surface area contributed by atoms with Crippen molar-refractivity contribution in [1.29, 1.82) is 0 Å². The first kappa shape index (κ1) is 16.0. The van der Waals surface area contributed by atoms with Gasteiger partial charge >= 0.3 is 0 Å². The highest BCUT2D eigenvalue weighted by Gasteiger charge is 2.13. The van der Waals surface area contributed by atoms with E-state index in [1.807, 2.05) is 36.2 Å². The molecule has 19 heavy (non-hydrogen) atoms. The molecule has 0 aromatic heterocycles. The summed E-state index contributed by atoms with van der Waals surface area (Å²) in [7, 11) is 3.58. The maximum Gasteiger partial charge on any atom is 0.236 e. The number of benzene rings is 1. The molecule has 106 valence electrons. The monoisotopic (exact) mass is 284 g/mol. The molecule has 0 aliphatic heterocycles. The average molecular weight is 285 g/mol. The second-order valence-electron chi connectivity index (χ2n) is 4.93. The summed E-state index contributed by atoms with van der Waals surface area (Å²) in [6.07, 6.45) is -0.434. The minimum absolute atomic E-state index is 0.0168. The number of likely N-dealkylation sites (N-methyl/N-ethyl adjacent to an activating group) is 2. The van der Waals surface area contributed by atoms with E-state index in [0.717, 1.165) is 5.56 Å². The molecule has 0 fully saturated rings. The van der Waals surface area contributed by atoms with Crippen LogP contribution in [0, 0.1) is 0 Å². The van der Waals surface area contributed by atoms with Gasteiger partial charge in [-0.3, -0.25) is 9.69 Å². The van der Waals surface area contributed by atoms with Crippen molar-refractivity contribution >= 4 is 17.5 Å². The van der Waals surface area contributed by atoms with Gasteiger partial charge in [-0.25, -0.2) is 0 Å². The molecular formula is C14H21ClN2O2. The molecule has 1 atom stereocenters. The smallest absolute Gasteiger partial charge is 0.236 e. The summed E-state index contributed by atoms with van der Waals surface area (Å²) in [5.74, 6) is 0.0168. The van der Waals surface area contributed by atoms with Gasteiger partial charge in [0.15, 0.2) is 0 Å². The maximum absolute atomic E-state index is 12.0. The Kier molecular flexibility index (Phi) is 6.28. The fourth-order valence-electron chi connectivity index (χ4n) is 1.86. The molecule has 0 bridgehead atoms. The van der Waals surface area contributed by atoms with Crippen molar-refractivity contribution in [2.24, 2.45) is 0 Å². The Bertz CT molecular complexity index is 424. The van der Waals surface area contributed by atoms with Gasteiger partial charge in [0.2, 0.25) is 5.91 Å². The van der Waals surface area contributed by atoms with Gasteiger partial charge in [-0.1, -0.05) is 23.7 Å². The third-order valence-corrected chi connectivity index (χ3v) is 2.95. The van der Waals surface area contributed by atoms with Gasteiger partial charge in [-0.15, -0.1) is 0 Å². The Labute approximate surface area is 119 Å². The predicted octanol–water partition coefficient (Wildman–Crippen LogP) is 1.61. The molecule has 1 unspecified atom stereocenters. The van der Waals surface area contributed by atoms with Crippen LogP contribution in [0.3, 0.4) is 0 Å². The summed E-state index contributed by atoms with van der Waals surface area (Å²) in [5.41, 5.74) is 1.00. The quantitative estimate of drug-likeness (QED) is 0.863. The summed E-state index contributed by atoms with van der Waals surface area (Å²) < 4.78 is 0. The lowest BCUT2D eigenvalue weighted by Gasteiger charge is -2.22. The van der Waals surface area contributed by atoms with E-state index in [4.69, 9.17) is 11.6 Å². The van der Waals surface area contributed by atoms with E-state index in [2.05, 4.69) is 0 Å². The third-order valence-electron chi connectivity index (χ3n) is 2.72. The van der Waals surface area contributed by atoms with Crippen LogP contribution >= 0.6 is 11.6 Å². The van der Waals surface area contributed by atoms with E-state index in [9.17, 15) is 9.90 Å². The Hall–Kier alpha value is -1.10. The zero-order valence-electron chi connectivity index (χ0n) is 11.6. The Balaban J connectivity index is 2.49. The van der Waals surface area contributed by atoms with E-state index in [0.29, 0.717) is 24.7 Å². The van der Waals surface area contributed by atoms with E-state index in [1.165, 1.54) is 0 Å². The van der Waals surface area contributed by atoms with Crippen LogP contribution < -0.4 is 0 Å². The van der Waals surface area contributed by atoms with Crippen molar-refractivity contribution in [2.75, 3.05) is 27.2 Å². The van der Waals surface area contributed by atoms with Crippen molar-refractivity contribution < 1.29 is 9.90 Å². The number of nitrogens with zero attached hydrogens (tertiary/aromatic N) is 2. The number of rotatable bonds is 6. The molecule has 1 amide bonds. The van der Waals surface area contributed by atoms with Crippen molar-refractivity contribution in [3.63, 3.8) is 0 Å². The first-order valence-corrected chi connectivity index (χ1v) is 6.61. The first-order valence-electron chi connectivity index (χ1n) is 6.23. The van der Waals surface area contributed by atoms with Crippen LogP contribution in [-0.2, 0) is 11.3 Å². The highest BCUT2D eigenvalue weighted by atomic mass is 35.5. The minimum atomic E-state index is -0.434. The lowest BCUT2D eigenvalue weighted by atomic mass is 10.2. The zero-order chi connectivity index (χ0) is 14.4. The minimum Gasteiger partial charge on any atom is -0.392 e. The lowest BCUT2D eigenvalue weighted by Crippen LogP contribution is -2.38. The van der Waals surface area contributed by atoms with Crippen LogP contribution in [0.2, 0.25) is 5.02 Å². The van der Waals surface area contributed by atoms with Gasteiger partial charge in [0, 0.05) is 25.2 Å². The molecule has 1 aromatic carbocycles. The number of halogens is 1.